The van der Waals surface area contributed by atoms with Crippen LogP contribution in [-0.4, -0.2) is 11.5 Å². The lowest BCUT2D eigenvalue weighted by molar-refractivity contribution is 0.806. The van der Waals surface area contributed by atoms with Crippen molar-refractivity contribution < 1.29 is 0 Å². The molecule has 0 amide bonds. The summed E-state index contributed by atoms with van der Waals surface area (Å²) in [6, 6.07) is 12.4. The van der Waals surface area contributed by atoms with Crippen molar-refractivity contribution in [2.75, 3.05) is 11.4 Å². The molecule has 100 valence electrons. The monoisotopic (exact) mass is 382 g/mol. The Morgan fingerprint density at radius 3 is 2.68 bits per heavy atom. The zero-order valence-corrected chi connectivity index (χ0v) is 14.0. The zero-order valence-electron chi connectivity index (χ0n) is 10.8. The molecule has 1 aromatic carbocycles. The first-order chi connectivity index (χ1) is 9.24. The average Bonchev–Trinajstić information content (AvgIpc) is 2.46. The van der Waals surface area contributed by atoms with Crippen LogP contribution in [0.1, 0.15) is 18.2 Å². The quantitative estimate of drug-likeness (QED) is 0.691. The molecular formula is C15H16Br2N2. The van der Waals surface area contributed by atoms with Crippen LogP contribution in [0.2, 0.25) is 0 Å². The molecule has 0 aliphatic heterocycles. The van der Waals surface area contributed by atoms with E-state index in [0.717, 1.165) is 28.6 Å². The highest BCUT2D eigenvalue weighted by atomic mass is 79.9. The van der Waals surface area contributed by atoms with Crippen LogP contribution in [0.15, 0.2) is 47.1 Å². The number of anilines is 1. The Balaban J connectivity index is 2.27. The molecule has 0 aliphatic rings. The zero-order chi connectivity index (χ0) is 13.7. The number of aromatic nitrogens is 1. The van der Waals surface area contributed by atoms with Gasteiger partial charge in [-0.3, -0.25) is 4.98 Å². The van der Waals surface area contributed by atoms with E-state index in [-0.39, 0.29) is 0 Å². The fourth-order valence-electron chi connectivity index (χ4n) is 2.02. The summed E-state index contributed by atoms with van der Waals surface area (Å²) >= 11 is 7.09. The van der Waals surface area contributed by atoms with Gasteiger partial charge in [-0.2, -0.15) is 0 Å². The maximum atomic E-state index is 4.40. The molecule has 2 nitrogen and oxygen atoms in total. The van der Waals surface area contributed by atoms with Crippen molar-refractivity contribution in [3.63, 3.8) is 0 Å². The Bertz CT molecular complexity index is 529. The Morgan fingerprint density at radius 1 is 1.21 bits per heavy atom. The van der Waals surface area contributed by atoms with Gasteiger partial charge in [-0.25, -0.2) is 0 Å². The van der Waals surface area contributed by atoms with Crippen LogP contribution in [0, 0.1) is 0 Å². The molecule has 1 aromatic heterocycles. The minimum absolute atomic E-state index is 0.832. The second kappa shape index (κ2) is 7.06. The first kappa shape index (κ1) is 14.5. The smallest absolute Gasteiger partial charge is 0.0602 e. The second-order valence-corrected chi connectivity index (χ2v) is 5.72. The third-order valence-corrected chi connectivity index (χ3v) is 4.08. The highest BCUT2D eigenvalue weighted by molar-refractivity contribution is 9.10. The predicted octanol–water partition coefficient (Wildman–Crippen LogP) is 4.77. The van der Waals surface area contributed by atoms with Crippen LogP contribution in [0.3, 0.4) is 0 Å². The van der Waals surface area contributed by atoms with E-state index in [9.17, 15) is 0 Å². The van der Waals surface area contributed by atoms with E-state index in [1.54, 1.807) is 0 Å². The van der Waals surface area contributed by atoms with E-state index >= 15 is 0 Å². The molecule has 0 aliphatic carbocycles. The van der Waals surface area contributed by atoms with E-state index in [2.05, 4.69) is 72.9 Å². The Morgan fingerprint density at radius 2 is 2.05 bits per heavy atom. The molecule has 0 atom stereocenters. The van der Waals surface area contributed by atoms with Gasteiger partial charge in [-0.15, -0.1) is 0 Å². The van der Waals surface area contributed by atoms with Crippen molar-refractivity contribution >= 4 is 37.5 Å². The van der Waals surface area contributed by atoms with Crippen LogP contribution in [0.5, 0.6) is 0 Å². The van der Waals surface area contributed by atoms with Crippen molar-refractivity contribution in [1.29, 1.82) is 0 Å². The van der Waals surface area contributed by atoms with Gasteiger partial charge in [0.1, 0.15) is 0 Å². The standard InChI is InChI=1S/C15H16Br2N2/c1-2-19(11-14-5-3-4-8-18-14)15-7-6-13(17)9-12(15)10-16/h3-9H,2,10-11H2,1H3. The van der Waals surface area contributed by atoms with Crippen molar-refractivity contribution in [3.8, 4) is 0 Å². The first-order valence-corrected chi connectivity index (χ1v) is 8.15. The minimum Gasteiger partial charge on any atom is -0.366 e. The summed E-state index contributed by atoms with van der Waals surface area (Å²) < 4.78 is 1.11. The Hall–Kier alpha value is -0.870. The molecule has 0 saturated carbocycles. The molecule has 2 aromatic rings. The lowest BCUT2D eigenvalue weighted by atomic mass is 10.1. The molecule has 0 bridgehead atoms. The van der Waals surface area contributed by atoms with Crippen molar-refractivity contribution in [2.45, 2.75) is 18.8 Å². The molecule has 2 rings (SSSR count). The maximum Gasteiger partial charge on any atom is 0.0602 e. The van der Waals surface area contributed by atoms with Gasteiger partial charge in [-0.05, 0) is 42.8 Å². The molecule has 0 N–H and O–H groups in total. The number of hydrogen-bond donors (Lipinski definition) is 0. The number of nitrogens with zero attached hydrogens (tertiary/aromatic N) is 2. The van der Waals surface area contributed by atoms with Crippen molar-refractivity contribution in [1.82, 2.24) is 4.98 Å². The van der Waals surface area contributed by atoms with Crippen LogP contribution in [0.4, 0.5) is 5.69 Å². The molecular weight excluding hydrogens is 368 g/mol. The number of hydrogen-bond acceptors (Lipinski definition) is 2. The molecule has 0 saturated heterocycles. The molecule has 1 heterocycles. The van der Waals surface area contributed by atoms with Gasteiger partial charge >= 0.3 is 0 Å². The van der Waals surface area contributed by atoms with Crippen molar-refractivity contribution in [3.05, 3.63) is 58.3 Å². The summed E-state index contributed by atoms with van der Waals surface area (Å²) in [6.45, 7) is 3.96. The van der Waals surface area contributed by atoms with E-state index in [1.165, 1.54) is 11.3 Å². The number of alkyl halides is 1. The van der Waals surface area contributed by atoms with Gasteiger partial charge in [0.2, 0.25) is 0 Å². The summed E-state index contributed by atoms with van der Waals surface area (Å²) in [5.74, 6) is 0. The molecule has 0 radical (unpaired) electrons. The second-order valence-electron chi connectivity index (χ2n) is 4.24. The topological polar surface area (TPSA) is 16.1 Å². The number of rotatable bonds is 5. The van der Waals surface area contributed by atoms with E-state index in [1.807, 2.05) is 18.3 Å². The maximum absolute atomic E-state index is 4.40. The first-order valence-electron chi connectivity index (χ1n) is 6.24. The SMILES string of the molecule is CCN(Cc1ccccn1)c1ccc(Br)cc1CBr. The normalized spacial score (nSPS) is 10.5. The molecule has 0 unspecified atom stereocenters. The van der Waals surface area contributed by atoms with Crippen LogP contribution < -0.4 is 4.90 Å². The fraction of sp³-hybridized carbons (Fsp3) is 0.267. The van der Waals surface area contributed by atoms with Crippen LogP contribution in [0.25, 0.3) is 0 Å². The Kier molecular flexibility index (Phi) is 5.40. The predicted molar refractivity (Wildman–Crippen MR) is 87.7 cm³/mol. The average molecular weight is 384 g/mol. The molecule has 4 heteroatoms. The molecule has 0 spiro atoms. The summed E-state index contributed by atoms with van der Waals surface area (Å²) in [5, 5.41) is 0.848. The molecule has 19 heavy (non-hydrogen) atoms. The van der Waals surface area contributed by atoms with E-state index in [4.69, 9.17) is 0 Å². The fourth-order valence-corrected chi connectivity index (χ4v) is 2.88. The van der Waals surface area contributed by atoms with Gasteiger partial charge in [0.05, 0.1) is 12.2 Å². The van der Waals surface area contributed by atoms with Gasteiger partial charge in [-0.1, -0.05) is 37.9 Å². The van der Waals surface area contributed by atoms with E-state index < -0.39 is 0 Å². The summed E-state index contributed by atoms with van der Waals surface area (Å²) in [5.41, 5.74) is 3.63. The summed E-state index contributed by atoms with van der Waals surface area (Å²) in [7, 11) is 0. The highest BCUT2D eigenvalue weighted by Crippen LogP contribution is 2.27. The van der Waals surface area contributed by atoms with Crippen LogP contribution >= 0.6 is 31.9 Å². The van der Waals surface area contributed by atoms with Crippen molar-refractivity contribution in [2.24, 2.45) is 0 Å². The lowest BCUT2D eigenvalue weighted by Gasteiger charge is -2.25. The summed E-state index contributed by atoms with van der Waals surface area (Å²) in [6.07, 6.45) is 1.84. The number of pyridine rings is 1. The Labute approximate surface area is 131 Å². The summed E-state index contributed by atoms with van der Waals surface area (Å²) in [4.78, 5) is 6.74. The van der Waals surface area contributed by atoms with Gasteiger partial charge in [0.15, 0.2) is 0 Å². The van der Waals surface area contributed by atoms with Gasteiger partial charge in [0.25, 0.3) is 0 Å². The van der Waals surface area contributed by atoms with Gasteiger partial charge in [0, 0.05) is 28.2 Å². The lowest BCUT2D eigenvalue weighted by Crippen LogP contribution is -2.23. The number of halogens is 2. The largest absolute Gasteiger partial charge is 0.366 e. The highest BCUT2D eigenvalue weighted by Gasteiger charge is 2.10. The third-order valence-electron chi connectivity index (χ3n) is 2.99. The van der Waals surface area contributed by atoms with Gasteiger partial charge < -0.3 is 4.90 Å². The van der Waals surface area contributed by atoms with Crippen LogP contribution in [-0.2, 0) is 11.9 Å². The van der Waals surface area contributed by atoms with E-state index in [0.29, 0.717) is 0 Å². The third kappa shape index (κ3) is 3.80. The molecule has 0 fully saturated rings. The minimum atomic E-state index is 0.832. The number of benzene rings is 1.